The number of hydrogen-bond acceptors (Lipinski definition) is 4. The predicted octanol–water partition coefficient (Wildman–Crippen LogP) is 0.498. The van der Waals surface area contributed by atoms with E-state index in [9.17, 15) is 18.0 Å². The summed E-state index contributed by atoms with van der Waals surface area (Å²) in [5.41, 5.74) is 0.0945. The fraction of sp³-hybridized carbons (Fsp3) is 0.385. The van der Waals surface area contributed by atoms with Gasteiger partial charge in [-0.25, -0.2) is 17.9 Å². The number of rotatable bonds is 7. The molecule has 1 amide bonds. The second-order valence-electron chi connectivity index (χ2n) is 4.34. The second-order valence-corrected chi connectivity index (χ2v) is 6.07. The zero-order valence-corrected chi connectivity index (χ0v) is 12.7. The summed E-state index contributed by atoms with van der Waals surface area (Å²) in [7, 11) is -3.85. The second kappa shape index (κ2) is 7.19. The van der Waals surface area contributed by atoms with E-state index in [1.165, 1.54) is 25.1 Å². The number of carboxylic acids is 1. The van der Waals surface area contributed by atoms with Gasteiger partial charge in [-0.3, -0.25) is 4.79 Å². The van der Waals surface area contributed by atoms with Crippen molar-refractivity contribution in [2.45, 2.75) is 25.2 Å². The number of sulfonamides is 1. The van der Waals surface area contributed by atoms with E-state index in [0.29, 0.717) is 6.54 Å². The maximum atomic E-state index is 12.1. The number of carbonyl (C=O) groups excluding carboxylic acids is 1. The molecule has 3 N–H and O–H groups in total. The third-order valence-corrected chi connectivity index (χ3v) is 4.43. The number of carbonyl (C=O) groups is 2. The molecule has 116 valence electrons. The highest BCUT2D eigenvalue weighted by atomic mass is 32.2. The van der Waals surface area contributed by atoms with Crippen LogP contribution < -0.4 is 10.0 Å². The van der Waals surface area contributed by atoms with Gasteiger partial charge in [-0.05, 0) is 31.5 Å². The molecule has 0 aliphatic heterocycles. The Morgan fingerprint density at radius 1 is 1.29 bits per heavy atom. The van der Waals surface area contributed by atoms with Crippen molar-refractivity contribution in [2.75, 3.05) is 13.1 Å². The van der Waals surface area contributed by atoms with Crippen LogP contribution in [0.1, 0.15) is 29.3 Å². The number of hydrogen-bond donors (Lipinski definition) is 3. The first-order valence-corrected chi connectivity index (χ1v) is 7.87. The largest absolute Gasteiger partial charge is 0.478 e. The first-order valence-electron chi connectivity index (χ1n) is 6.39. The van der Waals surface area contributed by atoms with Crippen molar-refractivity contribution in [3.63, 3.8) is 0 Å². The lowest BCUT2D eigenvalue weighted by Gasteiger charge is -2.11. The van der Waals surface area contributed by atoms with Crippen LogP contribution in [0.4, 0.5) is 0 Å². The van der Waals surface area contributed by atoms with Crippen molar-refractivity contribution >= 4 is 21.9 Å². The molecule has 8 heteroatoms. The number of aromatic carboxylic acids is 1. The molecular weight excluding hydrogens is 296 g/mol. The monoisotopic (exact) mass is 314 g/mol. The highest BCUT2D eigenvalue weighted by Gasteiger charge is 2.20. The molecular formula is C13H18N2O5S. The van der Waals surface area contributed by atoms with Gasteiger partial charge < -0.3 is 10.4 Å². The molecule has 1 aromatic rings. The van der Waals surface area contributed by atoms with Crippen LogP contribution in [-0.4, -0.2) is 38.5 Å². The molecule has 7 nitrogen and oxygen atoms in total. The van der Waals surface area contributed by atoms with E-state index >= 15 is 0 Å². The summed E-state index contributed by atoms with van der Waals surface area (Å²) in [6, 6.07) is 4.04. The quantitative estimate of drug-likeness (QED) is 0.678. The van der Waals surface area contributed by atoms with E-state index in [-0.39, 0.29) is 34.9 Å². The molecule has 1 rings (SSSR count). The highest BCUT2D eigenvalue weighted by Crippen LogP contribution is 2.18. The molecule has 0 saturated heterocycles. The van der Waals surface area contributed by atoms with Crippen molar-refractivity contribution in [3.8, 4) is 0 Å². The maximum absolute atomic E-state index is 12.1. The minimum absolute atomic E-state index is 0.0186. The van der Waals surface area contributed by atoms with E-state index in [1.54, 1.807) is 6.92 Å². The molecule has 0 heterocycles. The Hall–Kier alpha value is -1.93. The standard InChI is InChI=1S/C13H18N2O5S/c1-3-14-12(16)7-8-15-21(19,20)11-6-4-5-10(9(11)2)13(17)18/h4-6,15H,3,7-8H2,1-2H3,(H,14,16)(H,17,18). The third kappa shape index (κ3) is 4.54. The Kier molecular flexibility index (Phi) is 5.86. The first-order chi connectivity index (χ1) is 9.79. The Morgan fingerprint density at radius 2 is 1.95 bits per heavy atom. The van der Waals surface area contributed by atoms with Crippen LogP contribution >= 0.6 is 0 Å². The molecule has 0 fully saturated rings. The molecule has 0 radical (unpaired) electrons. The topological polar surface area (TPSA) is 113 Å². The SMILES string of the molecule is CCNC(=O)CCNS(=O)(=O)c1cccc(C(=O)O)c1C. The van der Waals surface area contributed by atoms with Crippen LogP contribution in [0, 0.1) is 6.92 Å². The smallest absolute Gasteiger partial charge is 0.335 e. The average molecular weight is 314 g/mol. The molecule has 1 aromatic carbocycles. The summed E-state index contributed by atoms with van der Waals surface area (Å²) < 4.78 is 26.6. The van der Waals surface area contributed by atoms with Crippen molar-refractivity contribution in [1.82, 2.24) is 10.0 Å². The third-order valence-electron chi connectivity index (χ3n) is 2.82. The normalized spacial score (nSPS) is 11.1. The van der Waals surface area contributed by atoms with Crippen molar-refractivity contribution < 1.29 is 23.1 Å². The summed E-state index contributed by atoms with van der Waals surface area (Å²) in [5.74, 6) is -1.44. The van der Waals surface area contributed by atoms with E-state index in [4.69, 9.17) is 5.11 Å². The number of carboxylic acid groups (broad SMARTS) is 1. The van der Waals surface area contributed by atoms with Gasteiger partial charge in [0, 0.05) is 19.5 Å². The number of nitrogens with one attached hydrogen (secondary N) is 2. The summed E-state index contributed by atoms with van der Waals surface area (Å²) in [6.07, 6.45) is 0.0186. The highest BCUT2D eigenvalue weighted by molar-refractivity contribution is 7.89. The molecule has 0 saturated carbocycles. The van der Waals surface area contributed by atoms with Gasteiger partial charge in [0.05, 0.1) is 10.5 Å². The fourth-order valence-electron chi connectivity index (χ4n) is 1.80. The van der Waals surface area contributed by atoms with Gasteiger partial charge in [0.1, 0.15) is 0 Å². The van der Waals surface area contributed by atoms with Crippen molar-refractivity contribution in [1.29, 1.82) is 0 Å². The Morgan fingerprint density at radius 3 is 2.52 bits per heavy atom. The summed E-state index contributed by atoms with van der Waals surface area (Å²) in [6.45, 7) is 3.63. The molecule has 0 aliphatic carbocycles. The van der Waals surface area contributed by atoms with E-state index in [1.807, 2.05) is 0 Å². The minimum atomic E-state index is -3.85. The first kappa shape index (κ1) is 17.1. The molecule has 0 unspecified atom stereocenters. The van der Waals surface area contributed by atoms with Crippen LogP contribution in [0.5, 0.6) is 0 Å². The lowest BCUT2D eigenvalue weighted by molar-refractivity contribution is -0.120. The minimum Gasteiger partial charge on any atom is -0.478 e. The van der Waals surface area contributed by atoms with Crippen LogP contribution in [0.25, 0.3) is 0 Å². The number of benzene rings is 1. The van der Waals surface area contributed by atoms with E-state index in [0.717, 1.165) is 0 Å². The van der Waals surface area contributed by atoms with Gasteiger partial charge in [-0.2, -0.15) is 0 Å². The van der Waals surface area contributed by atoms with Gasteiger partial charge in [0.2, 0.25) is 15.9 Å². The van der Waals surface area contributed by atoms with Crippen LogP contribution in [0.15, 0.2) is 23.1 Å². The Labute approximate surface area is 123 Å². The van der Waals surface area contributed by atoms with Gasteiger partial charge in [-0.1, -0.05) is 6.07 Å². The van der Waals surface area contributed by atoms with E-state index in [2.05, 4.69) is 10.0 Å². The van der Waals surface area contributed by atoms with Gasteiger partial charge >= 0.3 is 5.97 Å². The lowest BCUT2D eigenvalue weighted by Crippen LogP contribution is -2.31. The maximum Gasteiger partial charge on any atom is 0.335 e. The molecule has 0 atom stereocenters. The molecule has 0 bridgehead atoms. The molecule has 0 aliphatic rings. The van der Waals surface area contributed by atoms with Crippen molar-refractivity contribution in [2.24, 2.45) is 0 Å². The zero-order chi connectivity index (χ0) is 16.0. The average Bonchev–Trinajstić information content (AvgIpc) is 2.38. The molecule has 21 heavy (non-hydrogen) atoms. The van der Waals surface area contributed by atoms with Gasteiger partial charge in [-0.15, -0.1) is 0 Å². The fourth-order valence-corrected chi connectivity index (χ4v) is 3.10. The number of amides is 1. The summed E-state index contributed by atoms with van der Waals surface area (Å²) >= 11 is 0. The molecule has 0 aromatic heterocycles. The Balaban J connectivity index is 2.87. The van der Waals surface area contributed by atoms with E-state index < -0.39 is 16.0 Å². The predicted molar refractivity (Wildman–Crippen MR) is 76.6 cm³/mol. The zero-order valence-electron chi connectivity index (χ0n) is 11.8. The Bertz CT molecular complexity index is 640. The lowest BCUT2D eigenvalue weighted by atomic mass is 10.1. The van der Waals surface area contributed by atoms with Crippen molar-refractivity contribution in [3.05, 3.63) is 29.3 Å². The van der Waals surface area contributed by atoms with Crippen LogP contribution in [0.2, 0.25) is 0 Å². The van der Waals surface area contributed by atoms with Gasteiger partial charge in [0.25, 0.3) is 0 Å². The summed E-state index contributed by atoms with van der Waals surface area (Å²) in [5, 5.41) is 11.6. The van der Waals surface area contributed by atoms with Crippen LogP contribution in [-0.2, 0) is 14.8 Å². The van der Waals surface area contributed by atoms with Gasteiger partial charge in [0.15, 0.2) is 0 Å². The summed E-state index contributed by atoms with van der Waals surface area (Å²) in [4.78, 5) is 22.2. The molecule has 0 spiro atoms. The van der Waals surface area contributed by atoms with Crippen LogP contribution in [0.3, 0.4) is 0 Å².